The topological polar surface area (TPSA) is 54.0 Å². The number of hydrogen-bond donors (Lipinski definition) is 0. The van der Waals surface area contributed by atoms with Gasteiger partial charge in [-0.2, -0.15) is 4.58 Å². The van der Waals surface area contributed by atoms with Crippen LogP contribution >= 0.6 is 0 Å². The molecule has 0 radical (unpaired) electrons. The summed E-state index contributed by atoms with van der Waals surface area (Å²) in [6, 6.07) is 73.1. The van der Waals surface area contributed by atoms with Gasteiger partial charge in [0.1, 0.15) is 5.69 Å². The summed E-state index contributed by atoms with van der Waals surface area (Å²) in [6.45, 7) is 0. The lowest BCUT2D eigenvalue weighted by atomic mass is 9.86. The summed E-state index contributed by atoms with van der Waals surface area (Å²) in [6.07, 6.45) is 9.90. The Hall–Kier alpha value is -8.67. The Morgan fingerprint density at radius 3 is 1.22 bits per heavy atom. The van der Waals surface area contributed by atoms with Crippen LogP contribution in [0.4, 0.5) is 5.69 Å². The van der Waals surface area contributed by atoms with Gasteiger partial charge in [0.15, 0.2) is 6.21 Å². The Kier molecular flexibility index (Phi) is 9.50. The fraction of sp³-hybridized carbons (Fsp3) is 0.0167. The van der Waals surface area contributed by atoms with Gasteiger partial charge in [-0.3, -0.25) is 9.97 Å². The molecule has 0 aliphatic carbocycles. The Morgan fingerprint density at radius 1 is 0.323 bits per heavy atom. The Balaban J connectivity index is 1.02. The van der Waals surface area contributed by atoms with Crippen LogP contribution < -0.4 is 0 Å². The second-order valence-corrected chi connectivity index (χ2v) is 16.4. The second kappa shape index (κ2) is 16.2. The van der Waals surface area contributed by atoms with Gasteiger partial charge >= 0.3 is 0 Å². The predicted octanol–water partition coefficient (Wildman–Crippen LogP) is 14.7. The molecule has 12 rings (SSSR count). The first-order chi connectivity index (χ1) is 32.2. The summed E-state index contributed by atoms with van der Waals surface area (Å²) < 4.78 is 2.24. The molecule has 2 aliphatic heterocycles. The molecule has 7 aromatic carbocycles. The molecule has 304 valence electrons. The average molecular weight is 831 g/mol. The minimum atomic E-state index is -0.0974. The highest BCUT2D eigenvalue weighted by molar-refractivity contribution is 6.15. The van der Waals surface area contributed by atoms with E-state index >= 15 is 0 Å². The summed E-state index contributed by atoms with van der Waals surface area (Å²) in [4.78, 5) is 19.9. The summed E-state index contributed by atoms with van der Waals surface area (Å²) in [7, 11) is 0. The van der Waals surface area contributed by atoms with Crippen LogP contribution in [0.25, 0.3) is 101 Å². The third-order valence-electron chi connectivity index (χ3n) is 12.6. The summed E-state index contributed by atoms with van der Waals surface area (Å²) in [5.74, 6) is 0. The summed E-state index contributed by atoms with van der Waals surface area (Å²) in [5, 5.41) is 0. The maximum absolute atomic E-state index is 5.17. The Labute approximate surface area is 378 Å². The van der Waals surface area contributed by atoms with Crippen molar-refractivity contribution in [1.82, 2.24) is 15.0 Å². The molecule has 5 heteroatoms. The Morgan fingerprint density at radius 2 is 0.738 bits per heavy atom. The van der Waals surface area contributed by atoms with E-state index in [1.54, 1.807) is 0 Å². The lowest BCUT2D eigenvalue weighted by molar-refractivity contribution is -0.480. The summed E-state index contributed by atoms with van der Waals surface area (Å²) in [5.41, 5.74) is 21.6. The average Bonchev–Trinajstić information content (AvgIpc) is 3.90. The lowest BCUT2D eigenvalue weighted by Crippen LogP contribution is -2.16. The minimum absolute atomic E-state index is 0.0974. The minimum Gasteiger partial charge on any atom is -0.256 e. The van der Waals surface area contributed by atoms with Gasteiger partial charge in [-0.1, -0.05) is 164 Å². The van der Waals surface area contributed by atoms with Crippen LogP contribution in [0, 0.1) is 0 Å². The Bertz CT molecular complexity index is 3320. The zero-order chi connectivity index (χ0) is 43.1. The van der Waals surface area contributed by atoms with Crippen LogP contribution in [-0.4, -0.2) is 32.0 Å². The molecule has 0 saturated carbocycles. The maximum atomic E-state index is 5.17. The van der Waals surface area contributed by atoms with Crippen molar-refractivity contribution in [2.24, 2.45) is 4.99 Å². The summed E-state index contributed by atoms with van der Waals surface area (Å²) >= 11 is 0. The molecule has 0 N–H and O–H groups in total. The molecule has 10 aromatic rings. The van der Waals surface area contributed by atoms with Crippen LogP contribution in [0.3, 0.4) is 0 Å². The van der Waals surface area contributed by atoms with E-state index in [0.717, 1.165) is 106 Å². The molecule has 0 spiro atoms. The number of fused-ring (bicyclic) bond motifs is 6. The highest BCUT2D eigenvalue weighted by Gasteiger charge is 2.38. The van der Waals surface area contributed by atoms with E-state index in [-0.39, 0.29) is 6.17 Å². The van der Waals surface area contributed by atoms with Gasteiger partial charge in [0.2, 0.25) is 5.69 Å². The largest absolute Gasteiger partial charge is 0.278 e. The number of nitrogens with zero attached hydrogens (tertiary/aromatic N) is 5. The smallest absolute Gasteiger partial charge is 0.256 e. The van der Waals surface area contributed by atoms with E-state index < -0.39 is 0 Å². The van der Waals surface area contributed by atoms with Crippen molar-refractivity contribution >= 4 is 18.1 Å². The fourth-order valence-electron chi connectivity index (χ4n) is 9.45. The first kappa shape index (κ1) is 38.0. The molecule has 0 saturated heterocycles. The quantitative estimate of drug-likeness (QED) is 0.143. The van der Waals surface area contributed by atoms with Crippen LogP contribution in [0.1, 0.15) is 11.7 Å². The van der Waals surface area contributed by atoms with Crippen molar-refractivity contribution < 1.29 is 4.58 Å². The molecule has 0 fully saturated rings. The van der Waals surface area contributed by atoms with Crippen LogP contribution in [0.2, 0.25) is 0 Å². The highest BCUT2D eigenvalue weighted by Crippen LogP contribution is 2.47. The van der Waals surface area contributed by atoms with Crippen molar-refractivity contribution in [3.05, 3.63) is 230 Å². The van der Waals surface area contributed by atoms with Crippen molar-refractivity contribution in [3.8, 4) is 101 Å². The van der Waals surface area contributed by atoms with Gasteiger partial charge in [-0.05, 0) is 86.5 Å². The molecule has 0 bridgehead atoms. The monoisotopic (exact) mass is 830 g/mol. The standard InChI is InChI=1S/C60H40N5/c1-3-15-40(16-4-1)56-29-27-42(37-62-56)48-19-7-9-21-50(48)44-33-45(51-22-10-8-20-49(51)43-28-30-57(63-38-43)41-17-5-2-6-18-41)35-46(34-44)52-23-11-12-24-53(52)47-36-58-59(64-39-47)54-25-13-14-26-55(54)60-61-31-32-65(58)60/h1-39,60H/q+1. The predicted molar refractivity (Wildman–Crippen MR) is 266 cm³/mol. The van der Waals surface area contributed by atoms with Crippen LogP contribution in [-0.2, 0) is 0 Å². The van der Waals surface area contributed by atoms with Crippen molar-refractivity contribution in [2.45, 2.75) is 6.17 Å². The molecule has 1 atom stereocenters. The third-order valence-corrected chi connectivity index (χ3v) is 12.6. The van der Waals surface area contributed by atoms with Gasteiger partial charge in [-0.25, -0.2) is 9.98 Å². The van der Waals surface area contributed by atoms with Gasteiger partial charge in [0.05, 0.1) is 23.2 Å². The normalized spacial score (nSPS) is 13.4. The maximum Gasteiger partial charge on any atom is 0.278 e. The van der Waals surface area contributed by atoms with Gasteiger partial charge in [-0.15, -0.1) is 0 Å². The van der Waals surface area contributed by atoms with Gasteiger partial charge in [0.25, 0.3) is 6.17 Å². The number of pyridine rings is 3. The van der Waals surface area contributed by atoms with Crippen LogP contribution in [0.15, 0.2) is 230 Å². The number of hydrogen-bond acceptors (Lipinski definition) is 4. The van der Waals surface area contributed by atoms with E-state index in [2.05, 4.69) is 205 Å². The number of benzene rings is 7. The number of aromatic nitrogens is 3. The van der Waals surface area contributed by atoms with Gasteiger partial charge < -0.3 is 0 Å². The first-order valence-corrected chi connectivity index (χ1v) is 22.0. The molecule has 5 heterocycles. The molecule has 0 amide bonds. The first-order valence-electron chi connectivity index (χ1n) is 22.0. The number of rotatable bonds is 8. The fourth-order valence-corrected chi connectivity index (χ4v) is 9.45. The van der Waals surface area contributed by atoms with E-state index in [0.29, 0.717) is 0 Å². The second-order valence-electron chi connectivity index (χ2n) is 16.4. The molecule has 2 aliphatic rings. The third kappa shape index (κ3) is 6.96. The SMILES string of the molecule is C1=NC2c3ccccc3-c3ncc(-c4ccccc4-c4cc(-c5ccccc5-c5ccc(-c6ccccc6)nc5)cc(-c5ccccc5-c5ccc(-c6ccccc6)nc5)c4)cc3[N+]2=C1. The zero-order valence-electron chi connectivity index (χ0n) is 35.3. The molecule has 3 aromatic heterocycles. The van der Waals surface area contributed by atoms with Crippen molar-refractivity contribution in [1.29, 1.82) is 0 Å². The van der Waals surface area contributed by atoms with E-state index in [1.165, 1.54) is 5.56 Å². The molecular weight excluding hydrogens is 791 g/mol. The zero-order valence-corrected chi connectivity index (χ0v) is 35.3. The van der Waals surface area contributed by atoms with Crippen LogP contribution in [0.5, 0.6) is 0 Å². The van der Waals surface area contributed by atoms with Crippen molar-refractivity contribution in [3.63, 3.8) is 0 Å². The molecule has 1 unspecified atom stereocenters. The van der Waals surface area contributed by atoms with E-state index in [1.807, 2.05) is 36.9 Å². The van der Waals surface area contributed by atoms with Crippen molar-refractivity contribution in [2.75, 3.05) is 0 Å². The van der Waals surface area contributed by atoms with Gasteiger partial charge in [0, 0.05) is 58.0 Å². The molecule has 65 heavy (non-hydrogen) atoms. The van der Waals surface area contributed by atoms with E-state index in [4.69, 9.17) is 19.9 Å². The molecular formula is C60H40N5+. The number of aliphatic imine (C=N–C) groups is 1. The van der Waals surface area contributed by atoms with E-state index in [9.17, 15) is 0 Å². The lowest BCUT2D eigenvalue weighted by Gasteiger charge is -2.21. The highest BCUT2D eigenvalue weighted by atomic mass is 15.2. The molecule has 5 nitrogen and oxygen atoms in total.